The summed E-state index contributed by atoms with van der Waals surface area (Å²) in [7, 11) is 0. The van der Waals surface area contributed by atoms with E-state index in [4.69, 9.17) is 10.5 Å². The van der Waals surface area contributed by atoms with Gasteiger partial charge in [-0.3, -0.25) is 0 Å². The minimum absolute atomic E-state index is 0.297. The number of ether oxygens (including phenoxy) is 1. The molecule has 0 radical (unpaired) electrons. The minimum Gasteiger partial charge on any atom is -0.462 e. The van der Waals surface area contributed by atoms with Gasteiger partial charge in [-0.15, -0.1) is 0 Å². The summed E-state index contributed by atoms with van der Waals surface area (Å²) < 4.78 is 19.7. The minimum atomic E-state index is -0.441. The number of halogens is 1. The third-order valence-corrected chi connectivity index (χ3v) is 2.82. The number of carbonyl (C=O) groups is 1. The van der Waals surface area contributed by atoms with Gasteiger partial charge in [0.1, 0.15) is 5.82 Å². The van der Waals surface area contributed by atoms with Crippen LogP contribution >= 0.6 is 0 Å². The molecule has 5 nitrogen and oxygen atoms in total. The molecule has 0 aliphatic heterocycles. The van der Waals surface area contributed by atoms with E-state index in [1.165, 1.54) is 29.2 Å². The second kappa shape index (κ2) is 5.83. The Bertz CT molecular complexity index is 623. The SMILES string of the molecule is CCOC(=O)c1cnn(-c2ccc(F)cc2C(C)N)c1. The first-order valence-corrected chi connectivity index (χ1v) is 6.30. The van der Waals surface area contributed by atoms with Crippen molar-refractivity contribution in [3.63, 3.8) is 0 Å². The van der Waals surface area contributed by atoms with Crippen LogP contribution < -0.4 is 5.73 Å². The van der Waals surface area contributed by atoms with Crippen LogP contribution in [0, 0.1) is 5.82 Å². The van der Waals surface area contributed by atoms with Crippen LogP contribution in [0.2, 0.25) is 0 Å². The fraction of sp³-hybridized carbons (Fsp3) is 0.286. The van der Waals surface area contributed by atoms with Gasteiger partial charge in [-0.25, -0.2) is 13.9 Å². The van der Waals surface area contributed by atoms with Crippen molar-refractivity contribution in [3.8, 4) is 5.69 Å². The molecule has 1 unspecified atom stereocenters. The lowest BCUT2D eigenvalue weighted by Gasteiger charge is -2.12. The maximum atomic E-state index is 13.3. The first-order chi connectivity index (χ1) is 9.52. The van der Waals surface area contributed by atoms with E-state index in [-0.39, 0.29) is 11.9 Å². The van der Waals surface area contributed by atoms with E-state index >= 15 is 0 Å². The maximum absolute atomic E-state index is 13.3. The van der Waals surface area contributed by atoms with Crippen molar-refractivity contribution in [1.82, 2.24) is 9.78 Å². The van der Waals surface area contributed by atoms with Crippen molar-refractivity contribution in [2.45, 2.75) is 19.9 Å². The predicted octanol–water partition coefficient (Wildman–Crippen LogP) is 2.21. The van der Waals surface area contributed by atoms with Crippen molar-refractivity contribution in [2.75, 3.05) is 6.61 Å². The normalized spacial score (nSPS) is 12.2. The number of hydrogen-bond donors (Lipinski definition) is 1. The number of hydrogen-bond acceptors (Lipinski definition) is 4. The fourth-order valence-corrected chi connectivity index (χ4v) is 1.87. The first kappa shape index (κ1) is 14.2. The smallest absolute Gasteiger partial charge is 0.341 e. The summed E-state index contributed by atoms with van der Waals surface area (Å²) in [5.74, 6) is -0.804. The predicted molar refractivity (Wildman–Crippen MR) is 72.1 cm³/mol. The van der Waals surface area contributed by atoms with Crippen LogP contribution in [0.4, 0.5) is 4.39 Å². The summed E-state index contributed by atoms with van der Waals surface area (Å²) in [6, 6.07) is 3.92. The first-order valence-electron chi connectivity index (χ1n) is 6.30. The number of rotatable bonds is 4. The van der Waals surface area contributed by atoms with E-state index in [2.05, 4.69) is 5.10 Å². The lowest BCUT2D eigenvalue weighted by atomic mass is 10.1. The molecule has 0 amide bonds. The van der Waals surface area contributed by atoms with Gasteiger partial charge in [0.15, 0.2) is 0 Å². The van der Waals surface area contributed by atoms with Crippen LogP contribution in [0.5, 0.6) is 0 Å². The lowest BCUT2D eigenvalue weighted by molar-refractivity contribution is 0.0526. The molecule has 0 saturated carbocycles. The molecule has 1 heterocycles. The van der Waals surface area contributed by atoms with E-state index in [0.717, 1.165) is 0 Å². The molecule has 6 heteroatoms. The molecule has 0 fully saturated rings. The van der Waals surface area contributed by atoms with E-state index in [1.807, 2.05) is 0 Å². The van der Waals surface area contributed by atoms with Crippen LogP contribution in [-0.4, -0.2) is 22.4 Å². The Balaban J connectivity index is 2.40. The zero-order valence-corrected chi connectivity index (χ0v) is 11.3. The molecule has 0 saturated heterocycles. The van der Waals surface area contributed by atoms with Crippen molar-refractivity contribution in [3.05, 3.63) is 47.5 Å². The standard InChI is InChI=1S/C14H16FN3O2/c1-3-20-14(19)10-7-17-18(8-10)13-5-4-11(15)6-12(13)9(2)16/h4-9H,3,16H2,1-2H3. The van der Waals surface area contributed by atoms with Crippen LogP contribution in [0.1, 0.15) is 35.8 Å². The highest BCUT2D eigenvalue weighted by atomic mass is 19.1. The summed E-state index contributed by atoms with van der Waals surface area (Å²) in [6.45, 7) is 3.79. The van der Waals surface area contributed by atoms with Crippen molar-refractivity contribution in [2.24, 2.45) is 5.73 Å². The summed E-state index contributed by atoms with van der Waals surface area (Å²) in [4.78, 5) is 11.6. The highest BCUT2D eigenvalue weighted by Crippen LogP contribution is 2.21. The molecule has 0 spiro atoms. The average Bonchev–Trinajstić information content (AvgIpc) is 2.88. The Hall–Kier alpha value is -2.21. The van der Waals surface area contributed by atoms with Crippen molar-refractivity contribution < 1.29 is 13.9 Å². The third-order valence-electron chi connectivity index (χ3n) is 2.82. The van der Waals surface area contributed by atoms with Crippen LogP contribution in [0.3, 0.4) is 0 Å². The van der Waals surface area contributed by atoms with Gasteiger partial charge < -0.3 is 10.5 Å². The molecular weight excluding hydrogens is 261 g/mol. The number of aromatic nitrogens is 2. The molecule has 1 atom stereocenters. The van der Waals surface area contributed by atoms with Gasteiger partial charge in [-0.2, -0.15) is 5.10 Å². The van der Waals surface area contributed by atoms with Crippen LogP contribution in [0.25, 0.3) is 5.69 Å². The Morgan fingerprint density at radius 2 is 2.30 bits per heavy atom. The second-order valence-corrected chi connectivity index (χ2v) is 4.39. The number of esters is 1. The Morgan fingerprint density at radius 3 is 2.95 bits per heavy atom. The van der Waals surface area contributed by atoms with Gasteiger partial charge in [-0.1, -0.05) is 0 Å². The van der Waals surface area contributed by atoms with Crippen molar-refractivity contribution >= 4 is 5.97 Å². The molecule has 20 heavy (non-hydrogen) atoms. The number of nitrogens with two attached hydrogens (primary N) is 1. The number of carbonyl (C=O) groups excluding carboxylic acids is 1. The van der Waals surface area contributed by atoms with Gasteiger partial charge in [0, 0.05) is 12.2 Å². The topological polar surface area (TPSA) is 70.1 Å². The fourth-order valence-electron chi connectivity index (χ4n) is 1.87. The van der Waals surface area contributed by atoms with Crippen molar-refractivity contribution in [1.29, 1.82) is 0 Å². The van der Waals surface area contributed by atoms with E-state index in [0.29, 0.717) is 23.4 Å². The second-order valence-electron chi connectivity index (χ2n) is 4.39. The molecule has 1 aromatic carbocycles. The summed E-state index contributed by atoms with van der Waals surface area (Å²) in [5, 5.41) is 4.10. The molecule has 2 N–H and O–H groups in total. The average molecular weight is 277 g/mol. The van der Waals surface area contributed by atoms with Gasteiger partial charge in [0.05, 0.1) is 24.1 Å². The Morgan fingerprint density at radius 1 is 1.55 bits per heavy atom. The van der Waals surface area contributed by atoms with E-state index < -0.39 is 5.97 Å². The molecule has 106 valence electrons. The van der Waals surface area contributed by atoms with E-state index in [1.54, 1.807) is 19.9 Å². The van der Waals surface area contributed by atoms with E-state index in [9.17, 15) is 9.18 Å². The lowest BCUT2D eigenvalue weighted by Crippen LogP contribution is -2.10. The molecule has 0 aliphatic carbocycles. The molecule has 2 rings (SSSR count). The quantitative estimate of drug-likeness (QED) is 0.870. The van der Waals surface area contributed by atoms with Gasteiger partial charge in [0.2, 0.25) is 0 Å². The number of nitrogens with zero attached hydrogens (tertiary/aromatic N) is 2. The largest absolute Gasteiger partial charge is 0.462 e. The summed E-state index contributed by atoms with van der Waals surface area (Å²) in [6.07, 6.45) is 2.95. The maximum Gasteiger partial charge on any atom is 0.341 e. The Labute approximate surface area is 116 Å². The highest BCUT2D eigenvalue weighted by Gasteiger charge is 2.14. The van der Waals surface area contributed by atoms with Gasteiger partial charge >= 0.3 is 5.97 Å². The number of benzene rings is 1. The third kappa shape index (κ3) is 2.85. The zero-order valence-electron chi connectivity index (χ0n) is 11.3. The van der Waals surface area contributed by atoms with Gasteiger partial charge in [0.25, 0.3) is 0 Å². The van der Waals surface area contributed by atoms with Crippen LogP contribution in [0.15, 0.2) is 30.6 Å². The molecule has 0 bridgehead atoms. The van der Waals surface area contributed by atoms with Gasteiger partial charge in [-0.05, 0) is 37.6 Å². The summed E-state index contributed by atoms with van der Waals surface area (Å²) >= 11 is 0. The Kier molecular flexibility index (Phi) is 4.14. The summed E-state index contributed by atoms with van der Waals surface area (Å²) in [5.41, 5.74) is 7.43. The van der Waals surface area contributed by atoms with Crippen LogP contribution in [-0.2, 0) is 4.74 Å². The molecular formula is C14H16FN3O2. The monoisotopic (exact) mass is 277 g/mol. The zero-order chi connectivity index (χ0) is 14.7. The molecule has 0 aliphatic rings. The molecule has 1 aromatic heterocycles. The highest BCUT2D eigenvalue weighted by molar-refractivity contribution is 5.88. The molecule has 2 aromatic rings.